The van der Waals surface area contributed by atoms with Gasteiger partial charge in [0.1, 0.15) is 0 Å². The molecule has 0 spiro atoms. The molecule has 0 aromatic carbocycles. The summed E-state index contributed by atoms with van der Waals surface area (Å²) in [6, 6.07) is 0.723. The lowest BCUT2D eigenvalue weighted by molar-refractivity contribution is 0.229. The Morgan fingerprint density at radius 3 is 2.18 bits per heavy atom. The van der Waals surface area contributed by atoms with Gasteiger partial charge in [0, 0.05) is 12.1 Å². The molecule has 2 heteroatoms. The van der Waals surface area contributed by atoms with Crippen LogP contribution in [0.4, 0.5) is 0 Å². The van der Waals surface area contributed by atoms with E-state index in [1.165, 1.54) is 6.42 Å². The third-order valence-corrected chi connectivity index (χ3v) is 2.32. The molecule has 0 rings (SSSR count). The number of hydrogen-bond donors (Lipinski definition) is 2. The van der Waals surface area contributed by atoms with Gasteiger partial charge in [0.15, 0.2) is 0 Å². The maximum Gasteiger partial charge on any atom is 0.0582 e. The SMILES string of the molecule is CC[C@H](C)[C@H](C)N[C@H](C)CO. The fraction of sp³-hybridized carbons (Fsp3) is 1.00. The Hall–Kier alpha value is -0.0800. The summed E-state index contributed by atoms with van der Waals surface area (Å²) in [6.07, 6.45) is 1.19. The first kappa shape index (κ1) is 10.9. The van der Waals surface area contributed by atoms with Crippen molar-refractivity contribution < 1.29 is 5.11 Å². The molecule has 11 heavy (non-hydrogen) atoms. The normalized spacial score (nSPS) is 19.4. The zero-order valence-corrected chi connectivity index (χ0v) is 8.09. The van der Waals surface area contributed by atoms with E-state index in [1.807, 2.05) is 6.92 Å². The van der Waals surface area contributed by atoms with E-state index in [2.05, 4.69) is 26.1 Å². The van der Waals surface area contributed by atoms with E-state index < -0.39 is 0 Å². The van der Waals surface area contributed by atoms with Crippen LogP contribution in [0.1, 0.15) is 34.1 Å². The van der Waals surface area contributed by atoms with E-state index in [0.29, 0.717) is 12.0 Å². The highest BCUT2D eigenvalue weighted by molar-refractivity contribution is 4.70. The Morgan fingerprint density at radius 1 is 1.27 bits per heavy atom. The average Bonchev–Trinajstić information content (AvgIpc) is 2.02. The summed E-state index contributed by atoms with van der Waals surface area (Å²) in [7, 11) is 0. The van der Waals surface area contributed by atoms with Gasteiger partial charge in [-0.1, -0.05) is 20.3 Å². The third kappa shape index (κ3) is 4.38. The van der Waals surface area contributed by atoms with Crippen LogP contribution in [0.5, 0.6) is 0 Å². The van der Waals surface area contributed by atoms with E-state index in [9.17, 15) is 0 Å². The minimum atomic E-state index is 0.221. The number of hydrogen-bond acceptors (Lipinski definition) is 2. The van der Waals surface area contributed by atoms with Gasteiger partial charge in [-0.3, -0.25) is 0 Å². The Bertz CT molecular complexity index is 95.6. The zero-order chi connectivity index (χ0) is 8.85. The van der Waals surface area contributed by atoms with E-state index in [0.717, 1.165) is 0 Å². The van der Waals surface area contributed by atoms with Crippen LogP contribution in [-0.2, 0) is 0 Å². The zero-order valence-electron chi connectivity index (χ0n) is 8.09. The molecule has 0 radical (unpaired) electrons. The number of aliphatic hydroxyl groups is 1. The Kier molecular flexibility index (Phi) is 5.51. The van der Waals surface area contributed by atoms with Gasteiger partial charge in [-0.05, 0) is 19.8 Å². The molecule has 68 valence electrons. The molecule has 0 heterocycles. The smallest absolute Gasteiger partial charge is 0.0582 e. The summed E-state index contributed by atoms with van der Waals surface area (Å²) in [5, 5.41) is 12.1. The lowest BCUT2D eigenvalue weighted by atomic mass is 10.0. The van der Waals surface area contributed by atoms with Gasteiger partial charge in [0.05, 0.1) is 6.61 Å². The minimum Gasteiger partial charge on any atom is -0.395 e. The van der Waals surface area contributed by atoms with Crippen LogP contribution < -0.4 is 5.32 Å². The minimum absolute atomic E-state index is 0.221. The molecular weight excluding hydrogens is 138 g/mol. The van der Waals surface area contributed by atoms with Crippen LogP contribution in [0.3, 0.4) is 0 Å². The van der Waals surface area contributed by atoms with Gasteiger partial charge in [0.2, 0.25) is 0 Å². The lowest BCUT2D eigenvalue weighted by Crippen LogP contribution is -2.40. The van der Waals surface area contributed by atoms with Gasteiger partial charge in [-0.25, -0.2) is 0 Å². The Balaban J connectivity index is 3.58. The second-order valence-corrected chi connectivity index (χ2v) is 3.42. The molecule has 2 nitrogen and oxygen atoms in total. The van der Waals surface area contributed by atoms with E-state index >= 15 is 0 Å². The van der Waals surface area contributed by atoms with Crippen LogP contribution >= 0.6 is 0 Å². The van der Waals surface area contributed by atoms with Gasteiger partial charge >= 0.3 is 0 Å². The van der Waals surface area contributed by atoms with Crippen LogP contribution in [0.15, 0.2) is 0 Å². The highest BCUT2D eigenvalue weighted by atomic mass is 16.3. The second kappa shape index (κ2) is 5.56. The quantitative estimate of drug-likeness (QED) is 0.635. The summed E-state index contributed by atoms with van der Waals surface area (Å²) in [5.41, 5.74) is 0. The summed E-state index contributed by atoms with van der Waals surface area (Å²) in [6.45, 7) is 8.80. The molecule has 0 saturated carbocycles. The second-order valence-electron chi connectivity index (χ2n) is 3.42. The van der Waals surface area contributed by atoms with Gasteiger partial charge in [-0.2, -0.15) is 0 Å². The first-order valence-electron chi connectivity index (χ1n) is 4.48. The van der Waals surface area contributed by atoms with Crippen molar-refractivity contribution in [1.82, 2.24) is 5.32 Å². The Labute approximate surface area is 70.0 Å². The molecule has 0 aliphatic rings. The molecule has 0 saturated heterocycles. The van der Waals surface area contributed by atoms with E-state index in [1.54, 1.807) is 0 Å². The molecule has 0 amide bonds. The molecule has 2 N–H and O–H groups in total. The predicted molar refractivity (Wildman–Crippen MR) is 48.6 cm³/mol. The molecule has 0 aromatic heterocycles. The van der Waals surface area contributed by atoms with Crippen LogP contribution in [0.25, 0.3) is 0 Å². The third-order valence-electron chi connectivity index (χ3n) is 2.32. The van der Waals surface area contributed by atoms with Crippen molar-refractivity contribution in [3.63, 3.8) is 0 Å². The van der Waals surface area contributed by atoms with Gasteiger partial charge in [-0.15, -0.1) is 0 Å². The summed E-state index contributed by atoms with van der Waals surface area (Å²) >= 11 is 0. The van der Waals surface area contributed by atoms with Crippen molar-refractivity contribution in [2.45, 2.75) is 46.2 Å². The fourth-order valence-corrected chi connectivity index (χ4v) is 1.02. The maximum atomic E-state index is 8.78. The van der Waals surface area contributed by atoms with E-state index in [-0.39, 0.29) is 12.6 Å². The standard InChI is InChI=1S/C9H21NO/c1-5-7(2)9(4)10-8(3)6-11/h7-11H,5-6H2,1-4H3/t7-,8+,9-/m0/s1. The molecule has 0 aliphatic heterocycles. The van der Waals surface area contributed by atoms with Crippen molar-refractivity contribution in [2.75, 3.05) is 6.61 Å². The van der Waals surface area contributed by atoms with Crippen molar-refractivity contribution in [3.8, 4) is 0 Å². The highest BCUT2D eigenvalue weighted by Gasteiger charge is 2.11. The molecular formula is C9H21NO. The molecule has 0 aliphatic carbocycles. The highest BCUT2D eigenvalue weighted by Crippen LogP contribution is 2.06. The first-order chi connectivity index (χ1) is 5.11. The van der Waals surface area contributed by atoms with Gasteiger partial charge < -0.3 is 10.4 Å². The topological polar surface area (TPSA) is 32.3 Å². The number of nitrogens with one attached hydrogen (secondary N) is 1. The van der Waals surface area contributed by atoms with Crippen molar-refractivity contribution in [3.05, 3.63) is 0 Å². The van der Waals surface area contributed by atoms with Crippen molar-refractivity contribution in [1.29, 1.82) is 0 Å². The molecule has 0 fully saturated rings. The molecule has 3 atom stereocenters. The summed E-state index contributed by atoms with van der Waals surface area (Å²) < 4.78 is 0. The van der Waals surface area contributed by atoms with E-state index in [4.69, 9.17) is 5.11 Å². The average molecular weight is 159 g/mol. The van der Waals surface area contributed by atoms with Crippen LogP contribution in [-0.4, -0.2) is 23.8 Å². The largest absolute Gasteiger partial charge is 0.395 e. The number of rotatable bonds is 5. The lowest BCUT2D eigenvalue weighted by Gasteiger charge is -2.23. The first-order valence-corrected chi connectivity index (χ1v) is 4.48. The van der Waals surface area contributed by atoms with Crippen molar-refractivity contribution >= 4 is 0 Å². The summed E-state index contributed by atoms with van der Waals surface area (Å²) in [5.74, 6) is 0.684. The van der Waals surface area contributed by atoms with Crippen LogP contribution in [0, 0.1) is 5.92 Å². The molecule has 0 bridgehead atoms. The number of aliphatic hydroxyl groups excluding tert-OH is 1. The van der Waals surface area contributed by atoms with Gasteiger partial charge in [0.25, 0.3) is 0 Å². The molecule has 0 aromatic rings. The van der Waals surface area contributed by atoms with Crippen LogP contribution in [0.2, 0.25) is 0 Å². The maximum absolute atomic E-state index is 8.78. The summed E-state index contributed by atoms with van der Waals surface area (Å²) in [4.78, 5) is 0. The monoisotopic (exact) mass is 159 g/mol. The van der Waals surface area contributed by atoms with Crippen molar-refractivity contribution in [2.24, 2.45) is 5.92 Å². The Morgan fingerprint density at radius 2 is 1.82 bits per heavy atom. The fourth-order valence-electron chi connectivity index (χ4n) is 1.02. The predicted octanol–water partition coefficient (Wildman–Crippen LogP) is 1.39. The molecule has 0 unspecified atom stereocenters.